The van der Waals surface area contributed by atoms with Gasteiger partial charge in [0.2, 0.25) is 17.7 Å². The standard InChI is InChI=1S/C16H25N3O7/c1-9(14(23)18-10(2)16(25)26)17-15(24)11-5-4-8-19(11)12(20)6-3-7-13(21)22/h9-11H,3-8H2,1-2H3,(H,17,24)(H,18,23)(H,21,22)(H,25,26). The van der Waals surface area contributed by atoms with Crippen LogP contribution in [0, 0.1) is 0 Å². The predicted molar refractivity (Wildman–Crippen MR) is 89.1 cm³/mol. The van der Waals surface area contributed by atoms with Gasteiger partial charge in [-0.2, -0.15) is 0 Å². The number of carbonyl (C=O) groups is 5. The lowest BCUT2D eigenvalue weighted by Crippen LogP contribution is -2.53. The van der Waals surface area contributed by atoms with Crippen LogP contribution in [0.2, 0.25) is 0 Å². The van der Waals surface area contributed by atoms with Crippen LogP contribution in [-0.4, -0.2) is 69.4 Å². The third-order valence-electron chi connectivity index (χ3n) is 4.14. The molecule has 4 N–H and O–H groups in total. The molecule has 3 amide bonds. The molecular weight excluding hydrogens is 346 g/mol. The molecule has 0 bridgehead atoms. The quantitative estimate of drug-likeness (QED) is 0.419. The smallest absolute Gasteiger partial charge is 0.325 e. The third kappa shape index (κ3) is 6.34. The Bertz CT molecular complexity index is 578. The van der Waals surface area contributed by atoms with Crippen molar-refractivity contribution < 1.29 is 34.2 Å². The van der Waals surface area contributed by atoms with Crippen molar-refractivity contribution in [1.29, 1.82) is 0 Å². The van der Waals surface area contributed by atoms with Gasteiger partial charge in [0.1, 0.15) is 18.1 Å². The number of nitrogens with zero attached hydrogens (tertiary/aromatic N) is 1. The number of carboxylic acids is 2. The lowest BCUT2D eigenvalue weighted by atomic mass is 10.1. The van der Waals surface area contributed by atoms with Gasteiger partial charge in [0, 0.05) is 19.4 Å². The summed E-state index contributed by atoms with van der Waals surface area (Å²) in [7, 11) is 0. The van der Waals surface area contributed by atoms with Crippen LogP contribution in [0.1, 0.15) is 46.0 Å². The lowest BCUT2D eigenvalue weighted by Gasteiger charge is -2.25. The average Bonchev–Trinajstić information content (AvgIpc) is 3.03. The van der Waals surface area contributed by atoms with E-state index >= 15 is 0 Å². The summed E-state index contributed by atoms with van der Waals surface area (Å²) >= 11 is 0. The van der Waals surface area contributed by atoms with Crippen LogP contribution in [0.5, 0.6) is 0 Å². The van der Waals surface area contributed by atoms with Crippen molar-refractivity contribution in [2.24, 2.45) is 0 Å². The van der Waals surface area contributed by atoms with E-state index in [0.717, 1.165) is 0 Å². The number of hydrogen-bond donors (Lipinski definition) is 4. The number of hydrogen-bond acceptors (Lipinski definition) is 5. The molecule has 0 aromatic rings. The minimum absolute atomic E-state index is 0.0439. The van der Waals surface area contributed by atoms with Crippen molar-refractivity contribution in [2.45, 2.75) is 64.1 Å². The van der Waals surface area contributed by atoms with Gasteiger partial charge < -0.3 is 25.7 Å². The molecule has 0 spiro atoms. The van der Waals surface area contributed by atoms with Crippen LogP contribution in [0.15, 0.2) is 0 Å². The van der Waals surface area contributed by atoms with E-state index in [0.29, 0.717) is 19.4 Å². The maximum absolute atomic E-state index is 12.4. The molecule has 10 heteroatoms. The zero-order valence-corrected chi connectivity index (χ0v) is 14.9. The first-order chi connectivity index (χ1) is 12.1. The van der Waals surface area contributed by atoms with E-state index in [1.807, 2.05) is 0 Å². The van der Waals surface area contributed by atoms with Crippen LogP contribution < -0.4 is 10.6 Å². The Hall–Kier alpha value is -2.65. The van der Waals surface area contributed by atoms with Gasteiger partial charge in [-0.05, 0) is 33.1 Å². The number of amides is 3. The zero-order valence-electron chi connectivity index (χ0n) is 14.9. The topological polar surface area (TPSA) is 153 Å². The lowest BCUT2D eigenvalue weighted by molar-refractivity contribution is -0.142. The summed E-state index contributed by atoms with van der Waals surface area (Å²) in [6, 6.07) is -2.74. The molecule has 26 heavy (non-hydrogen) atoms. The van der Waals surface area contributed by atoms with Crippen LogP contribution in [0.4, 0.5) is 0 Å². The van der Waals surface area contributed by atoms with Gasteiger partial charge in [-0.1, -0.05) is 0 Å². The van der Waals surface area contributed by atoms with E-state index in [4.69, 9.17) is 10.2 Å². The Balaban J connectivity index is 2.56. The normalized spacial score (nSPS) is 18.7. The fraction of sp³-hybridized carbons (Fsp3) is 0.688. The summed E-state index contributed by atoms with van der Waals surface area (Å²) < 4.78 is 0. The molecule has 3 unspecified atom stereocenters. The van der Waals surface area contributed by atoms with E-state index in [1.54, 1.807) is 0 Å². The highest BCUT2D eigenvalue weighted by Gasteiger charge is 2.35. The zero-order chi connectivity index (χ0) is 19.9. The summed E-state index contributed by atoms with van der Waals surface area (Å²) in [4.78, 5) is 59.1. The minimum atomic E-state index is -1.19. The Kier molecular flexibility index (Phi) is 8.01. The Morgan fingerprint density at radius 3 is 2.27 bits per heavy atom. The van der Waals surface area contributed by atoms with Gasteiger partial charge in [0.05, 0.1) is 0 Å². The SMILES string of the molecule is CC(NC(=O)C(C)NC(=O)C1CCCN1C(=O)CCCC(=O)O)C(=O)O. The molecule has 1 fully saturated rings. The van der Waals surface area contributed by atoms with Gasteiger partial charge in [-0.25, -0.2) is 0 Å². The van der Waals surface area contributed by atoms with Gasteiger partial charge in [0.15, 0.2) is 0 Å². The van der Waals surface area contributed by atoms with E-state index in [2.05, 4.69) is 10.6 Å². The molecule has 0 radical (unpaired) electrons. The van der Waals surface area contributed by atoms with Crippen molar-refractivity contribution in [3.05, 3.63) is 0 Å². The maximum atomic E-state index is 12.4. The number of carbonyl (C=O) groups excluding carboxylic acids is 3. The second-order valence-corrected chi connectivity index (χ2v) is 6.29. The minimum Gasteiger partial charge on any atom is -0.481 e. The highest BCUT2D eigenvalue weighted by molar-refractivity contribution is 5.93. The second kappa shape index (κ2) is 9.73. The Morgan fingerprint density at radius 1 is 1.04 bits per heavy atom. The fourth-order valence-electron chi connectivity index (χ4n) is 2.65. The van der Waals surface area contributed by atoms with E-state index in [-0.39, 0.29) is 25.2 Å². The summed E-state index contributed by atoms with van der Waals surface area (Å²) in [6.07, 6.45) is 1.22. The maximum Gasteiger partial charge on any atom is 0.325 e. The molecule has 1 saturated heterocycles. The molecule has 1 heterocycles. The molecule has 0 aliphatic carbocycles. The molecule has 0 aromatic heterocycles. The number of aliphatic carboxylic acids is 2. The van der Waals surface area contributed by atoms with Crippen molar-refractivity contribution in [3.63, 3.8) is 0 Å². The first kappa shape index (κ1) is 21.4. The molecule has 1 aliphatic rings. The largest absolute Gasteiger partial charge is 0.481 e. The van der Waals surface area contributed by atoms with Crippen LogP contribution in [0.25, 0.3) is 0 Å². The second-order valence-electron chi connectivity index (χ2n) is 6.29. The molecular formula is C16H25N3O7. The van der Waals surface area contributed by atoms with E-state index in [9.17, 15) is 24.0 Å². The van der Waals surface area contributed by atoms with Crippen molar-refractivity contribution in [2.75, 3.05) is 6.54 Å². The van der Waals surface area contributed by atoms with Crippen molar-refractivity contribution >= 4 is 29.7 Å². The highest BCUT2D eigenvalue weighted by Crippen LogP contribution is 2.19. The van der Waals surface area contributed by atoms with Gasteiger partial charge in [-0.3, -0.25) is 24.0 Å². The Labute approximate surface area is 150 Å². The Morgan fingerprint density at radius 2 is 1.69 bits per heavy atom. The summed E-state index contributed by atoms with van der Waals surface area (Å²) in [6.45, 7) is 3.14. The van der Waals surface area contributed by atoms with Gasteiger partial charge in [-0.15, -0.1) is 0 Å². The first-order valence-electron chi connectivity index (χ1n) is 8.48. The summed E-state index contributed by atoms with van der Waals surface area (Å²) in [5.41, 5.74) is 0. The molecule has 146 valence electrons. The number of likely N-dealkylation sites (tertiary alicyclic amines) is 1. The van der Waals surface area contributed by atoms with Gasteiger partial charge in [0.25, 0.3) is 0 Å². The number of rotatable bonds is 9. The van der Waals surface area contributed by atoms with Crippen LogP contribution in [-0.2, 0) is 24.0 Å². The molecule has 10 nitrogen and oxygen atoms in total. The predicted octanol–water partition coefficient (Wildman–Crippen LogP) is -0.674. The van der Waals surface area contributed by atoms with Gasteiger partial charge >= 0.3 is 11.9 Å². The van der Waals surface area contributed by atoms with Crippen molar-refractivity contribution in [1.82, 2.24) is 15.5 Å². The molecule has 1 rings (SSSR count). The van der Waals surface area contributed by atoms with E-state index < -0.39 is 41.9 Å². The van der Waals surface area contributed by atoms with Crippen LogP contribution >= 0.6 is 0 Å². The van der Waals surface area contributed by atoms with Crippen molar-refractivity contribution in [3.8, 4) is 0 Å². The monoisotopic (exact) mass is 371 g/mol. The first-order valence-corrected chi connectivity index (χ1v) is 8.48. The molecule has 0 saturated carbocycles. The average molecular weight is 371 g/mol. The molecule has 0 aromatic carbocycles. The molecule has 3 atom stereocenters. The molecule has 1 aliphatic heterocycles. The third-order valence-corrected chi connectivity index (χ3v) is 4.14. The number of carboxylic acid groups (broad SMARTS) is 2. The number of nitrogens with one attached hydrogen (secondary N) is 2. The highest BCUT2D eigenvalue weighted by atomic mass is 16.4. The fourth-order valence-corrected chi connectivity index (χ4v) is 2.65. The van der Waals surface area contributed by atoms with Crippen LogP contribution in [0.3, 0.4) is 0 Å². The summed E-state index contributed by atoms with van der Waals surface area (Å²) in [5, 5.41) is 22.2. The van der Waals surface area contributed by atoms with E-state index in [1.165, 1.54) is 18.7 Å². The summed E-state index contributed by atoms with van der Waals surface area (Å²) in [5.74, 6) is -3.58.